The molecule has 5 heteroatoms. The lowest BCUT2D eigenvalue weighted by molar-refractivity contribution is 0.376. The Kier molecular flexibility index (Phi) is 5.40. The van der Waals surface area contributed by atoms with Gasteiger partial charge in [0.15, 0.2) is 0 Å². The maximum absolute atomic E-state index is 6.16. The van der Waals surface area contributed by atoms with Gasteiger partial charge in [-0.3, -0.25) is 5.10 Å². The van der Waals surface area contributed by atoms with Crippen LogP contribution in [0, 0.1) is 5.92 Å². The molecule has 0 spiro atoms. The molecular weight excluding hydrogens is 250 g/mol. The number of nitrogens with two attached hydrogens (primary N) is 1. The largest absolute Gasteiger partial charge is 0.338 e. The molecule has 0 aromatic carbocycles. The lowest BCUT2D eigenvalue weighted by Gasteiger charge is -2.34. The summed E-state index contributed by atoms with van der Waals surface area (Å²) in [6.07, 6.45) is 5.86. The zero-order valence-corrected chi connectivity index (χ0v) is 13.1. The van der Waals surface area contributed by atoms with E-state index in [2.05, 4.69) is 35.9 Å². The van der Waals surface area contributed by atoms with E-state index in [0.717, 1.165) is 31.3 Å². The summed E-state index contributed by atoms with van der Waals surface area (Å²) in [5.41, 5.74) is 6.16. The summed E-state index contributed by atoms with van der Waals surface area (Å²) in [6.45, 7) is 8.56. The van der Waals surface area contributed by atoms with Crippen LogP contribution >= 0.6 is 0 Å². The highest BCUT2D eigenvalue weighted by Gasteiger charge is 2.26. The molecular formula is C15H29N5. The van der Waals surface area contributed by atoms with Crippen LogP contribution < -0.4 is 10.6 Å². The van der Waals surface area contributed by atoms with Crippen molar-refractivity contribution in [2.24, 2.45) is 11.7 Å². The van der Waals surface area contributed by atoms with Gasteiger partial charge in [0.1, 0.15) is 5.82 Å². The molecule has 0 radical (unpaired) electrons. The molecule has 1 aliphatic rings. The number of piperidine rings is 1. The summed E-state index contributed by atoms with van der Waals surface area (Å²) in [4.78, 5) is 6.96. The van der Waals surface area contributed by atoms with Crippen molar-refractivity contribution in [2.45, 2.75) is 64.8 Å². The number of hydrogen-bond donors (Lipinski definition) is 2. The molecule has 0 aliphatic carbocycles. The molecule has 1 aromatic heterocycles. The quantitative estimate of drug-likeness (QED) is 0.840. The molecule has 5 nitrogen and oxygen atoms in total. The number of H-pyrrole nitrogens is 1. The van der Waals surface area contributed by atoms with Gasteiger partial charge in [-0.05, 0) is 25.2 Å². The fourth-order valence-corrected chi connectivity index (χ4v) is 2.98. The molecule has 0 amide bonds. The molecule has 1 aliphatic heterocycles. The van der Waals surface area contributed by atoms with Gasteiger partial charge in [0.05, 0.1) is 0 Å². The predicted octanol–water partition coefficient (Wildman–Crippen LogP) is 2.66. The number of anilines is 1. The lowest BCUT2D eigenvalue weighted by atomic mass is 9.94. The molecule has 0 saturated carbocycles. The summed E-state index contributed by atoms with van der Waals surface area (Å²) in [7, 11) is 0. The third kappa shape index (κ3) is 3.51. The molecule has 20 heavy (non-hydrogen) atoms. The van der Waals surface area contributed by atoms with E-state index < -0.39 is 0 Å². The van der Waals surface area contributed by atoms with E-state index in [-0.39, 0.29) is 6.04 Å². The molecule has 3 N–H and O–H groups in total. The minimum absolute atomic E-state index is 0.229. The first-order valence-corrected chi connectivity index (χ1v) is 8.08. The maximum Gasteiger partial charge on any atom is 0.244 e. The van der Waals surface area contributed by atoms with Crippen LogP contribution in [0.1, 0.15) is 64.6 Å². The van der Waals surface area contributed by atoms with Gasteiger partial charge in [-0.25, -0.2) is 0 Å². The first kappa shape index (κ1) is 15.3. The van der Waals surface area contributed by atoms with Gasteiger partial charge >= 0.3 is 0 Å². The van der Waals surface area contributed by atoms with E-state index in [1.807, 2.05) is 0 Å². The van der Waals surface area contributed by atoms with Gasteiger partial charge in [0, 0.05) is 25.0 Å². The molecule has 1 aromatic rings. The van der Waals surface area contributed by atoms with Crippen molar-refractivity contribution >= 4 is 5.95 Å². The number of aromatic amines is 1. The van der Waals surface area contributed by atoms with E-state index in [1.165, 1.54) is 25.7 Å². The van der Waals surface area contributed by atoms with E-state index in [1.54, 1.807) is 0 Å². The molecule has 2 atom stereocenters. The van der Waals surface area contributed by atoms with Crippen molar-refractivity contribution in [2.75, 3.05) is 18.0 Å². The molecule has 2 unspecified atom stereocenters. The van der Waals surface area contributed by atoms with E-state index in [0.29, 0.717) is 11.8 Å². The van der Waals surface area contributed by atoms with Crippen molar-refractivity contribution in [3.8, 4) is 0 Å². The fraction of sp³-hybridized carbons (Fsp3) is 0.867. The molecule has 1 saturated heterocycles. The molecule has 2 heterocycles. The first-order valence-electron chi connectivity index (χ1n) is 8.08. The highest BCUT2D eigenvalue weighted by molar-refractivity contribution is 5.30. The van der Waals surface area contributed by atoms with Crippen molar-refractivity contribution in [3.63, 3.8) is 0 Å². The Balaban J connectivity index is 2.04. The highest BCUT2D eigenvalue weighted by Crippen LogP contribution is 2.26. The SMILES string of the molecule is CCCC(CCC)c1nc(N2CCC(C)C(N)C2)n[nH]1. The normalized spacial score (nSPS) is 23.6. The van der Waals surface area contributed by atoms with Crippen LogP contribution in [0.3, 0.4) is 0 Å². The number of rotatable bonds is 6. The highest BCUT2D eigenvalue weighted by atomic mass is 15.4. The van der Waals surface area contributed by atoms with Crippen molar-refractivity contribution in [1.82, 2.24) is 15.2 Å². The smallest absolute Gasteiger partial charge is 0.244 e. The summed E-state index contributed by atoms with van der Waals surface area (Å²) >= 11 is 0. The summed E-state index contributed by atoms with van der Waals surface area (Å²) in [6, 6.07) is 0.229. The minimum Gasteiger partial charge on any atom is -0.338 e. The molecule has 114 valence electrons. The Hall–Kier alpha value is -1.10. The van der Waals surface area contributed by atoms with Gasteiger partial charge in [-0.1, -0.05) is 33.6 Å². The third-order valence-electron chi connectivity index (χ3n) is 4.45. The van der Waals surface area contributed by atoms with Gasteiger partial charge in [-0.2, -0.15) is 4.98 Å². The van der Waals surface area contributed by atoms with Crippen molar-refractivity contribution in [1.29, 1.82) is 0 Å². The lowest BCUT2D eigenvalue weighted by Crippen LogP contribution is -2.48. The van der Waals surface area contributed by atoms with Crippen LogP contribution in [0.2, 0.25) is 0 Å². The van der Waals surface area contributed by atoms with Gasteiger partial charge < -0.3 is 10.6 Å². The zero-order valence-electron chi connectivity index (χ0n) is 13.1. The molecule has 1 fully saturated rings. The van der Waals surface area contributed by atoms with Crippen molar-refractivity contribution in [3.05, 3.63) is 5.82 Å². The van der Waals surface area contributed by atoms with E-state index in [9.17, 15) is 0 Å². The van der Waals surface area contributed by atoms with Crippen molar-refractivity contribution < 1.29 is 0 Å². The van der Waals surface area contributed by atoms with Crippen LogP contribution in [-0.2, 0) is 0 Å². The monoisotopic (exact) mass is 279 g/mol. The summed E-state index contributed by atoms with van der Waals surface area (Å²) in [5.74, 6) is 3.00. The maximum atomic E-state index is 6.16. The number of aromatic nitrogens is 3. The number of hydrogen-bond acceptors (Lipinski definition) is 4. The minimum atomic E-state index is 0.229. The first-order chi connectivity index (χ1) is 9.65. The predicted molar refractivity (Wildman–Crippen MR) is 82.9 cm³/mol. The van der Waals surface area contributed by atoms with Gasteiger partial charge in [0.25, 0.3) is 0 Å². The fourth-order valence-electron chi connectivity index (χ4n) is 2.98. The van der Waals surface area contributed by atoms with E-state index >= 15 is 0 Å². The average Bonchev–Trinajstić information content (AvgIpc) is 2.91. The van der Waals surface area contributed by atoms with Crippen LogP contribution in [0.5, 0.6) is 0 Å². The van der Waals surface area contributed by atoms with Crippen LogP contribution in [0.15, 0.2) is 0 Å². The second-order valence-electron chi connectivity index (χ2n) is 6.17. The number of nitrogens with zero attached hydrogens (tertiary/aromatic N) is 3. The molecule has 2 rings (SSSR count). The third-order valence-corrected chi connectivity index (χ3v) is 4.45. The Morgan fingerprint density at radius 3 is 2.65 bits per heavy atom. The Morgan fingerprint density at radius 2 is 2.05 bits per heavy atom. The Bertz CT molecular complexity index is 397. The molecule has 0 bridgehead atoms. The van der Waals surface area contributed by atoms with E-state index in [4.69, 9.17) is 10.7 Å². The second kappa shape index (κ2) is 7.07. The average molecular weight is 279 g/mol. The van der Waals surface area contributed by atoms with Gasteiger partial charge in [-0.15, -0.1) is 5.10 Å². The Morgan fingerprint density at radius 1 is 1.35 bits per heavy atom. The zero-order chi connectivity index (χ0) is 14.5. The topological polar surface area (TPSA) is 70.8 Å². The Labute approximate surface area is 122 Å². The van der Waals surface area contributed by atoms with Crippen LogP contribution in [-0.4, -0.2) is 34.3 Å². The van der Waals surface area contributed by atoms with Gasteiger partial charge in [0.2, 0.25) is 5.95 Å². The number of nitrogens with one attached hydrogen (secondary N) is 1. The summed E-state index contributed by atoms with van der Waals surface area (Å²) in [5, 5.41) is 7.57. The standard InChI is InChI=1S/C15H29N5/c1-4-6-12(7-5-2)14-17-15(19-18-14)20-9-8-11(3)13(16)10-20/h11-13H,4-10,16H2,1-3H3,(H,17,18,19). The summed E-state index contributed by atoms with van der Waals surface area (Å²) < 4.78 is 0. The van der Waals surface area contributed by atoms with Crippen LogP contribution in [0.4, 0.5) is 5.95 Å². The van der Waals surface area contributed by atoms with Crippen LogP contribution in [0.25, 0.3) is 0 Å². The second-order valence-corrected chi connectivity index (χ2v) is 6.17.